The molecule has 0 unspecified atom stereocenters. The van der Waals surface area contributed by atoms with Gasteiger partial charge in [-0.2, -0.15) is 5.26 Å². The molecule has 0 saturated heterocycles. The van der Waals surface area contributed by atoms with E-state index in [1.54, 1.807) is 13.8 Å². The van der Waals surface area contributed by atoms with Crippen LogP contribution in [0.15, 0.2) is 12.4 Å². The third-order valence-electron chi connectivity index (χ3n) is 1.47. The van der Waals surface area contributed by atoms with Gasteiger partial charge in [-0.25, -0.2) is 9.97 Å². The van der Waals surface area contributed by atoms with Crippen LogP contribution in [0.2, 0.25) is 0 Å². The Bertz CT molecular complexity index is 333. The van der Waals surface area contributed by atoms with Crippen molar-refractivity contribution in [2.45, 2.75) is 19.4 Å². The highest BCUT2D eigenvalue weighted by Gasteiger charge is 2.11. The van der Waals surface area contributed by atoms with Gasteiger partial charge in [0.2, 0.25) is 0 Å². The van der Waals surface area contributed by atoms with Crippen molar-refractivity contribution in [1.29, 1.82) is 5.26 Å². The van der Waals surface area contributed by atoms with Crippen molar-refractivity contribution in [2.75, 3.05) is 11.9 Å². The number of hydrogen-bond acceptors (Lipinski definition) is 5. The number of aromatic nitrogens is 2. The lowest BCUT2D eigenvalue weighted by Crippen LogP contribution is -2.29. The summed E-state index contributed by atoms with van der Waals surface area (Å²) in [6.07, 6.45) is 2.84. The molecule has 0 spiro atoms. The molecule has 5 nitrogen and oxygen atoms in total. The Morgan fingerprint density at radius 3 is 2.64 bits per heavy atom. The smallest absolute Gasteiger partial charge is 0.158 e. The largest absolute Gasteiger partial charge is 0.389 e. The van der Waals surface area contributed by atoms with Crippen LogP contribution in [0.25, 0.3) is 0 Å². The molecule has 0 atom stereocenters. The summed E-state index contributed by atoms with van der Waals surface area (Å²) in [5, 5.41) is 20.8. The lowest BCUT2D eigenvalue weighted by Gasteiger charge is -2.17. The van der Waals surface area contributed by atoms with Gasteiger partial charge in [-0.15, -0.1) is 0 Å². The fourth-order valence-corrected chi connectivity index (χ4v) is 0.784. The molecule has 0 aliphatic carbocycles. The first-order valence-electron chi connectivity index (χ1n) is 4.20. The van der Waals surface area contributed by atoms with E-state index in [0.29, 0.717) is 12.4 Å². The van der Waals surface area contributed by atoms with Gasteiger partial charge in [0, 0.05) is 6.54 Å². The average Bonchev–Trinajstić information content (AvgIpc) is 2.14. The second-order valence-electron chi connectivity index (χ2n) is 3.56. The number of nitrogens with one attached hydrogen (secondary N) is 1. The Morgan fingerprint density at radius 2 is 2.21 bits per heavy atom. The first kappa shape index (κ1) is 10.4. The average molecular weight is 192 g/mol. The van der Waals surface area contributed by atoms with Crippen molar-refractivity contribution in [2.24, 2.45) is 0 Å². The van der Waals surface area contributed by atoms with E-state index in [4.69, 9.17) is 5.26 Å². The molecule has 0 amide bonds. The summed E-state index contributed by atoms with van der Waals surface area (Å²) in [7, 11) is 0. The molecule has 74 valence electrons. The van der Waals surface area contributed by atoms with Gasteiger partial charge in [-0.05, 0) is 13.8 Å². The zero-order valence-electron chi connectivity index (χ0n) is 8.15. The van der Waals surface area contributed by atoms with Crippen LogP contribution in [0.4, 0.5) is 5.82 Å². The topological polar surface area (TPSA) is 81.8 Å². The van der Waals surface area contributed by atoms with Gasteiger partial charge < -0.3 is 10.4 Å². The zero-order chi connectivity index (χ0) is 10.6. The van der Waals surface area contributed by atoms with Gasteiger partial charge in [0.05, 0.1) is 18.0 Å². The third-order valence-corrected chi connectivity index (χ3v) is 1.47. The van der Waals surface area contributed by atoms with E-state index in [0.717, 1.165) is 0 Å². The van der Waals surface area contributed by atoms with Gasteiger partial charge >= 0.3 is 0 Å². The van der Waals surface area contributed by atoms with Crippen molar-refractivity contribution in [3.05, 3.63) is 18.1 Å². The molecular formula is C9H12N4O. The highest BCUT2D eigenvalue weighted by Crippen LogP contribution is 2.04. The molecule has 1 aromatic rings. The fraction of sp³-hybridized carbons (Fsp3) is 0.444. The molecule has 1 aromatic heterocycles. The maximum atomic E-state index is 9.42. The van der Waals surface area contributed by atoms with Crippen molar-refractivity contribution in [3.63, 3.8) is 0 Å². The van der Waals surface area contributed by atoms with Gasteiger partial charge in [-0.3, -0.25) is 0 Å². The summed E-state index contributed by atoms with van der Waals surface area (Å²) in [6.45, 7) is 3.77. The monoisotopic (exact) mass is 192 g/mol. The van der Waals surface area contributed by atoms with Crippen LogP contribution in [0.1, 0.15) is 19.5 Å². The molecule has 14 heavy (non-hydrogen) atoms. The summed E-state index contributed by atoms with van der Waals surface area (Å²) >= 11 is 0. The maximum absolute atomic E-state index is 9.42. The minimum absolute atomic E-state index is 0.277. The second-order valence-corrected chi connectivity index (χ2v) is 3.56. The van der Waals surface area contributed by atoms with Crippen LogP contribution in [0.3, 0.4) is 0 Å². The van der Waals surface area contributed by atoms with Gasteiger partial charge in [0.15, 0.2) is 5.69 Å². The lowest BCUT2D eigenvalue weighted by molar-refractivity contribution is 0.0944. The van der Waals surface area contributed by atoms with Crippen molar-refractivity contribution in [1.82, 2.24) is 9.97 Å². The summed E-state index contributed by atoms with van der Waals surface area (Å²) < 4.78 is 0. The van der Waals surface area contributed by atoms with E-state index in [2.05, 4.69) is 15.3 Å². The van der Waals surface area contributed by atoms with E-state index in [9.17, 15) is 5.11 Å². The molecule has 0 bridgehead atoms. The van der Waals surface area contributed by atoms with E-state index < -0.39 is 5.60 Å². The Morgan fingerprint density at radius 1 is 1.50 bits per heavy atom. The molecule has 0 radical (unpaired) electrons. The summed E-state index contributed by atoms with van der Waals surface area (Å²) in [5.41, 5.74) is -0.519. The lowest BCUT2D eigenvalue weighted by atomic mass is 10.1. The molecule has 0 fully saturated rings. The Balaban J connectivity index is 2.58. The Kier molecular flexibility index (Phi) is 2.99. The van der Waals surface area contributed by atoms with Crippen LogP contribution in [-0.2, 0) is 0 Å². The number of hydrogen-bond donors (Lipinski definition) is 2. The standard InChI is InChI=1S/C9H12N4O/c1-9(2,14)6-13-8-5-11-7(3-10)4-12-8/h4-5,14H,6H2,1-2H3,(H,12,13). The van der Waals surface area contributed by atoms with Crippen LogP contribution < -0.4 is 5.32 Å². The van der Waals surface area contributed by atoms with Gasteiger partial charge in [0.1, 0.15) is 11.9 Å². The number of anilines is 1. The normalized spacial score (nSPS) is 10.7. The number of rotatable bonds is 3. The Labute approximate surface area is 82.4 Å². The molecule has 0 aliphatic heterocycles. The number of nitrogens with zero attached hydrogens (tertiary/aromatic N) is 3. The number of nitriles is 1. The van der Waals surface area contributed by atoms with Crippen molar-refractivity contribution >= 4 is 5.82 Å². The van der Waals surface area contributed by atoms with Crippen molar-refractivity contribution in [3.8, 4) is 6.07 Å². The molecule has 0 saturated carbocycles. The summed E-state index contributed by atoms with van der Waals surface area (Å²) in [5.74, 6) is 0.547. The quantitative estimate of drug-likeness (QED) is 0.730. The molecule has 0 aliphatic rings. The highest BCUT2D eigenvalue weighted by molar-refractivity contribution is 5.33. The van der Waals surface area contributed by atoms with Crippen LogP contribution in [0, 0.1) is 11.3 Å². The highest BCUT2D eigenvalue weighted by atomic mass is 16.3. The van der Waals surface area contributed by atoms with E-state index >= 15 is 0 Å². The molecule has 2 N–H and O–H groups in total. The second kappa shape index (κ2) is 4.03. The molecule has 0 aromatic carbocycles. The van der Waals surface area contributed by atoms with Gasteiger partial charge in [-0.1, -0.05) is 0 Å². The van der Waals surface area contributed by atoms with Crippen LogP contribution >= 0.6 is 0 Å². The van der Waals surface area contributed by atoms with E-state index in [1.165, 1.54) is 12.4 Å². The SMILES string of the molecule is CC(C)(O)CNc1cnc(C#N)cn1. The maximum Gasteiger partial charge on any atom is 0.158 e. The zero-order valence-corrected chi connectivity index (χ0v) is 8.15. The summed E-state index contributed by atoms with van der Waals surface area (Å²) in [4.78, 5) is 7.78. The van der Waals surface area contributed by atoms with E-state index in [1.807, 2.05) is 6.07 Å². The van der Waals surface area contributed by atoms with E-state index in [-0.39, 0.29) is 5.69 Å². The summed E-state index contributed by atoms with van der Waals surface area (Å²) in [6, 6.07) is 1.88. The fourth-order valence-electron chi connectivity index (χ4n) is 0.784. The minimum atomic E-state index is -0.796. The number of aliphatic hydroxyl groups is 1. The molecular weight excluding hydrogens is 180 g/mol. The molecule has 1 rings (SSSR count). The third kappa shape index (κ3) is 3.37. The van der Waals surface area contributed by atoms with Gasteiger partial charge in [0.25, 0.3) is 0 Å². The van der Waals surface area contributed by atoms with Crippen LogP contribution in [0.5, 0.6) is 0 Å². The Hall–Kier alpha value is -1.67. The van der Waals surface area contributed by atoms with Crippen molar-refractivity contribution < 1.29 is 5.11 Å². The minimum Gasteiger partial charge on any atom is -0.389 e. The predicted octanol–water partition coefficient (Wildman–Crippen LogP) is 0.531. The first-order chi connectivity index (χ1) is 6.51. The molecule has 1 heterocycles. The predicted molar refractivity (Wildman–Crippen MR) is 51.5 cm³/mol. The first-order valence-corrected chi connectivity index (χ1v) is 4.20. The van der Waals surface area contributed by atoms with Crippen LogP contribution in [-0.4, -0.2) is 27.2 Å². The molecule has 5 heteroatoms.